The highest BCUT2D eigenvalue weighted by Gasteiger charge is 2.17. The molecule has 0 saturated carbocycles. The zero-order valence-electron chi connectivity index (χ0n) is 10.7. The molecule has 0 aromatic rings. The average molecular weight is 232 g/mol. The van der Waals surface area contributed by atoms with Gasteiger partial charge in [-0.3, -0.25) is 4.79 Å². The van der Waals surface area contributed by atoms with Gasteiger partial charge in [-0.25, -0.2) is 0 Å². The zero-order valence-corrected chi connectivity index (χ0v) is 10.7. The van der Waals surface area contributed by atoms with Crippen LogP contribution in [-0.2, 0) is 14.3 Å². The lowest BCUT2D eigenvalue weighted by molar-refractivity contribution is -0.133. The third-order valence-electron chi connectivity index (χ3n) is 2.35. The van der Waals surface area contributed by atoms with Crippen molar-refractivity contribution in [1.82, 2.24) is 0 Å². The summed E-state index contributed by atoms with van der Waals surface area (Å²) in [6, 6.07) is 0. The predicted octanol–water partition coefficient (Wildman–Crippen LogP) is 1.75. The Morgan fingerprint density at radius 2 is 1.94 bits per heavy atom. The Morgan fingerprint density at radius 3 is 2.38 bits per heavy atom. The second-order valence-corrected chi connectivity index (χ2v) is 4.38. The molecule has 0 heterocycles. The summed E-state index contributed by atoms with van der Waals surface area (Å²) in [5.74, 6) is 0.548. The highest BCUT2D eigenvalue weighted by molar-refractivity contribution is 5.79. The summed E-state index contributed by atoms with van der Waals surface area (Å²) in [6.45, 7) is 6.10. The van der Waals surface area contributed by atoms with Crippen LogP contribution in [0.1, 0.15) is 40.0 Å². The highest BCUT2D eigenvalue weighted by Crippen LogP contribution is 2.14. The van der Waals surface area contributed by atoms with E-state index in [4.69, 9.17) is 9.47 Å². The molecule has 0 aliphatic heterocycles. The Labute approximate surface area is 97.9 Å². The molecule has 4 nitrogen and oxygen atoms in total. The number of carbonyl (C=O) groups is 1. The second-order valence-electron chi connectivity index (χ2n) is 4.38. The molecule has 1 N–H and O–H groups in total. The lowest BCUT2D eigenvalue weighted by Gasteiger charge is -2.21. The molecular formula is C12H24O4. The summed E-state index contributed by atoms with van der Waals surface area (Å²) < 4.78 is 10.3. The van der Waals surface area contributed by atoms with Crippen molar-refractivity contribution in [2.45, 2.75) is 52.4 Å². The molecule has 0 spiro atoms. The molecule has 0 aromatic carbocycles. The van der Waals surface area contributed by atoms with Gasteiger partial charge in [-0.15, -0.1) is 0 Å². The topological polar surface area (TPSA) is 55.8 Å². The van der Waals surface area contributed by atoms with Crippen LogP contribution in [-0.4, -0.2) is 37.0 Å². The first-order chi connectivity index (χ1) is 7.49. The third kappa shape index (κ3) is 7.79. The number of methoxy groups -OCH3 is 1. The van der Waals surface area contributed by atoms with Gasteiger partial charge in [0, 0.05) is 20.0 Å². The normalized spacial score (nSPS) is 15.1. The van der Waals surface area contributed by atoms with Crippen LogP contribution in [0.15, 0.2) is 0 Å². The zero-order chi connectivity index (χ0) is 12.6. The first kappa shape index (κ1) is 15.6. The first-order valence-electron chi connectivity index (χ1n) is 5.83. The van der Waals surface area contributed by atoms with Crippen LogP contribution in [0.5, 0.6) is 0 Å². The Balaban J connectivity index is 4.04. The van der Waals surface area contributed by atoms with E-state index in [1.54, 1.807) is 0 Å². The lowest BCUT2D eigenvalue weighted by atomic mass is 10.0. The summed E-state index contributed by atoms with van der Waals surface area (Å²) in [6.07, 6.45) is 0.774. The van der Waals surface area contributed by atoms with E-state index in [0.717, 1.165) is 6.42 Å². The molecule has 0 aromatic heterocycles. The van der Waals surface area contributed by atoms with Gasteiger partial charge < -0.3 is 14.6 Å². The molecule has 0 aliphatic carbocycles. The standard InChI is InChI=1S/C12H24O4/c1-5-10(13)8-16-11(6-9(2)3)7-12(14)15-4/h9,11-12,14H,5-8H2,1-4H3. The van der Waals surface area contributed by atoms with E-state index in [1.807, 2.05) is 6.92 Å². The van der Waals surface area contributed by atoms with Gasteiger partial charge in [0.2, 0.25) is 0 Å². The maximum Gasteiger partial charge on any atom is 0.158 e. The van der Waals surface area contributed by atoms with Crippen molar-refractivity contribution >= 4 is 5.78 Å². The van der Waals surface area contributed by atoms with Crippen molar-refractivity contribution in [1.29, 1.82) is 0 Å². The van der Waals surface area contributed by atoms with Gasteiger partial charge in [0.05, 0.1) is 6.10 Å². The summed E-state index contributed by atoms with van der Waals surface area (Å²) in [7, 11) is 1.45. The van der Waals surface area contributed by atoms with Gasteiger partial charge in [0.15, 0.2) is 12.1 Å². The number of hydrogen-bond acceptors (Lipinski definition) is 4. The average Bonchev–Trinajstić information content (AvgIpc) is 2.24. The lowest BCUT2D eigenvalue weighted by Crippen LogP contribution is -2.25. The van der Waals surface area contributed by atoms with E-state index in [2.05, 4.69) is 13.8 Å². The summed E-state index contributed by atoms with van der Waals surface area (Å²) >= 11 is 0. The molecule has 0 bridgehead atoms. The van der Waals surface area contributed by atoms with Crippen LogP contribution < -0.4 is 0 Å². The van der Waals surface area contributed by atoms with Crippen LogP contribution in [0.25, 0.3) is 0 Å². The maximum atomic E-state index is 11.1. The molecule has 0 aliphatic rings. The van der Waals surface area contributed by atoms with Crippen molar-refractivity contribution in [3.8, 4) is 0 Å². The smallest absolute Gasteiger partial charge is 0.158 e. The third-order valence-corrected chi connectivity index (χ3v) is 2.35. The fourth-order valence-corrected chi connectivity index (χ4v) is 1.39. The van der Waals surface area contributed by atoms with Gasteiger partial charge in [0.1, 0.15) is 6.61 Å². The molecule has 0 fully saturated rings. The first-order valence-corrected chi connectivity index (χ1v) is 5.83. The van der Waals surface area contributed by atoms with Crippen LogP contribution in [0, 0.1) is 5.92 Å². The fraction of sp³-hybridized carbons (Fsp3) is 0.917. The number of rotatable bonds is 9. The molecule has 96 valence electrons. The van der Waals surface area contributed by atoms with Gasteiger partial charge in [-0.2, -0.15) is 0 Å². The minimum absolute atomic E-state index is 0.0839. The molecule has 2 atom stereocenters. The van der Waals surface area contributed by atoms with E-state index in [9.17, 15) is 9.90 Å². The number of ketones is 1. The second kappa shape index (κ2) is 8.67. The van der Waals surface area contributed by atoms with Crippen LogP contribution in [0.2, 0.25) is 0 Å². The van der Waals surface area contributed by atoms with Crippen LogP contribution in [0.4, 0.5) is 0 Å². The van der Waals surface area contributed by atoms with Crippen LogP contribution >= 0.6 is 0 Å². The Morgan fingerprint density at radius 1 is 1.31 bits per heavy atom. The molecule has 0 amide bonds. The number of Topliss-reactive ketones (excluding diaryl/α,β-unsaturated/α-hetero) is 1. The van der Waals surface area contributed by atoms with E-state index < -0.39 is 6.29 Å². The van der Waals surface area contributed by atoms with Crippen molar-refractivity contribution < 1.29 is 19.4 Å². The van der Waals surface area contributed by atoms with Gasteiger partial charge >= 0.3 is 0 Å². The summed E-state index contributed by atoms with van der Waals surface area (Å²) in [5, 5.41) is 9.38. The molecular weight excluding hydrogens is 208 g/mol. The van der Waals surface area contributed by atoms with E-state index in [1.165, 1.54) is 7.11 Å². The Hall–Kier alpha value is -0.450. The largest absolute Gasteiger partial charge is 0.370 e. The highest BCUT2D eigenvalue weighted by atomic mass is 16.6. The van der Waals surface area contributed by atoms with Crippen molar-refractivity contribution in [2.75, 3.05) is 13.7 Å². The van der Waals surface area contributed by atoms with Gasteiger partial charge in [-0.1, -0.05) is 20.8 Å². The Bertz CT molecular complexity index is 191. The minimum Gasteiger partial charge on any atom is -0.370 e. The molecule has 0 saturated heterocycles. The number of aliphatic hydroxyl groups is 1. The summed E-state index contributed by atoms with van der Waals surface area (Å²) in [5.41, 5.74) is 0. The molecule has 0 rings (SSSR count). The molecule has 0 radical (unpaired) electrons. The molecule has 4 heteroatoms. The van der Waals surface area contributed by atoms with E-state index in [-0.39, 0.29) is 18.5 Å². The fourth-order valence-electron chi connectivity index (χ4n) is 1.39. The van der Waals surface area contributed by atoms with E-state index in [0.29, 0.717) is 18.8 Å². The SMILES string of the molecule is CCC(=O)COC(CC(C)C)CC(O)OC. The number of hydrogen-bond donors (Lipinski definition) is 1. The van der Waals surface area contributed by atoms with Crippen molar-refractivity contribution in [3.05, 3.63) is 0 Å². The quantitative estimate of drug-likeness (QED) is 0.615. The van der Waals surface area contributed by atoms with Gasteiger partial charge in [0.25, 0.3) is 0 Å². The molecule has 16 heavy (non-hydrogen) atoms. The predicted molar refractivity (Wildman–Crippen MR) is 62.1 cm³/mol. The Kier molecular flexibility index (Phi) is 8.43. The number of aliphatic hydroxyl groups excluding tert-OH is 1. The molecule has 2 unspecified atom stereocenters. The number of carbonyl (C=O) groups excluding carboxylic acids is 1. The van der Waals surface area contributed by atoms with Crippen molar-refractivity contribution in [3.63, 3.8) is 0 Å². The minimum atomic E-state index is -0.819. The van der Waals surface area contributed by atoms with Crippen LogP contribution in [0.3, 0.4) is 0 Å². The van der Waals surface area contributed by atoms with E-state index >= 15 is 0 Å². The summed E-state index contributed by atoms with van der Waals surface area (Å²) in [4.78, 5) is 11.1. The monoisotopic (exact) mass is 232 g/mol. The maximum absolute atomic E-state index is 11.1. The number of ether oxygens (including phenoxy) is 2. The van der Waals surface area contributed by atoms with Gasteiger partial charge in [-0.05, 0) is 12.3 Å². The van der Waals surface area contributed by atoms with Crippen molar-refractivity contribution in [2.24, 2.45) is 5.92 Å².